The largest absolute Gasteiger partial charge is 0.368 e. The molecule has 2 aromatic heterocycles. The lowest BCUT2D eigenvalue weighted by Crippen LogP contribution is -2.36. The Kier molecular flexibility index (Phi) is 4.25. The van der Waals surface area contributed by atoms with Crippen LogP contribution in [0.4, 0.5) is 11.8 Å². The van der Waals surface area contributed by atoms with Crippen LogP contribution in [0, 0.1) is 6.92 Å². The summed E-state index contributed by atoms with van der Waals surface area (Å²) < 4.78 is 0. The molecule has 0 amide bonds. The number of anilines is 2. The van der Waals surface area contributed by atoms with E-state index in [4.69, 9.17) is 11.5 Å². The minimum atomic E-state index is 0.333. The SMILES string of the molecule is Cc1nc(C2CC(N)C2)cc(N2CCC(c3ccnc(N)n3)CC2)n1. The third kappa shape index (κ3) is 3.42. The predicted molar refractivity (Wildman–Crippen MR) is 97.4 cm³/mol. The van der Waals surface area contributed by atoms with Crippen molar-refractivity contribution >= 4 is 11.8 Å². The van der Waals surface area contributed by atoms with Crippen LogP contribution in [0.15, 0.2) is 18.3 Å². The van der Waals surface area contributed by atoms with Crippen LogP contribution >= 0.6 is 0 Å². The molecule has 0 radical (unpaired) electrons. The van der Waals surface area contributed by atoms with Crippen molar-refractivity contribution in [1.82, 2.24) is 19.9 Å². The second-order valence-electron chi connectivity index (χ2n) is 7.23. The molecule has 7 heteroatoms. The Bertz CT molecular complexity index is 749. The smallest absolute Gasteiger partial charge is 0.220 e. The van der Waals surface area contributed by atoms with Crippen molar-refractivity contribution < 1.29 is 0 Å². The van der Waals surface area contributed by atoms with Crippen LogP contribution in [0.25, 0.3) is 0 Å². The van der Waals surface area contributed by atoms with Gasteiger partial charge in [0.05, 0.1) is 0 Å². The molecule has 2 aliphatic rings. The van der Waals surface area contributed by atoms with Gasteiger partial charge in [-0.15, -0.1) is 0 Å². The number of aryl methyl sites for hydroxylation is 1. The molecule has 132 valence electrons. The molecule has 0 atom stereocenters. The second kappa shape index (κ2) is 6.55. The van der Waals surface area contributed by atoms with Gasteiger partial charge < -0.3 is 16.4 Å². The minimum absolute atomic E-state index is 0.333. The van der Waals surface area contributed by atoms with E-state index in [1.165, 1.54) is 0 Å². The molecule has 0 unspecified atom stereocenters. The summed E-state index contributed by atoms with van der Waals surface area (Å²) >= 11 is 0. The summed E-state index contributed by atoms with van der Waals surface area (Å²) in [6, 6.07) is 4.47. The van der Waals surface area contributed by atoms with E-state index in [1.54, 1.807) is 6.20 Å². The Morgan fingerprint density at radius 3 is 2.48 bits per heavy atom. The van der Waals surface area contributed by atoms with Gasteiger partial charge in [-0.05, 0) is 38.7 Å². The van der Waals surface area contributed by atoms with E-state index in [2.05, 4.69) is 30.9 Å². The highest BCUT2D eigenvalue weighted by molar-refractivity contribution is 5.42. The highest BCUT2D eigenvalue weighted by Crippen LogP contribution is 2.36. The third-order valence-corrected chi connectivity index (χ3v) is 5.37. The fourth-order valence-electron chi connectivity index (χ4n) is 3.87. The minimum Gasteiger partial charge on any atom is -0.368 e. The van der Waals surface area contributed by atoms with Crippen molar-refractivity contribution in [2.75, 3.05) is 23.7 Å². The molecule has 3 heterocycles. The second-order valence-corrected chi connectivity index (χ2v) is 7.23. The fourth-order valence-corrected chi connectivity index (χ4v) is 3.87. The predicted octanol–water partition coefficient (Wildman–Crippen LogP) is 1.75. The zero-order valence-corrected chi connectivity index (χ0v) is 14.6. The Labute approximate surface area is 147 Å². The quantitative estimate of drug-likeness (QED) is 0.877. The van der Waals surface area contributed by atoms with Gasteiger partial charge in [-0.3, -0.25) is 0 Å². The van der Waals surface area contributed by atoms with E-state index in [1.807, 2.05) is 13.0 Å². The zero-order chi connectivity index (χ0) is 17.4. The van der Waals surface area contributed by atoms with E-state index in [9.17, 15) is 0 Å². The van der Waals surface area contributed by atoms with Crippen LogP contribution in [0.1, 0.15) is 54.7 Å². The van der Waals surface area contributed by atoms with Crippen LogP contribution in [-0.4, -0.2) is 39.1 Å². The van der Waals surface area contributed by atoms with Gasteiger partial charge in [0.15, 0.2) is 0 Å². The summed E-state index contributed by atoms with van der Waals surface area (Å²) in [6.07, 6.45) is 5.90. The summed E-state index contributed by atoms with van der Waals surface area (Å²) in [7, 11) is 0. The first-order valence-electron chi connectivity index (χ1n) is 9.03. The molecule has 0 spiro atoms. The van der Waals surface area contributed by atoms with E-state index in [0.29, 0.717) is 23.8 Å². The molecule has 4 N–H and O–H groups in total. The molecule has 1 saturated carbocycles. The molecule has 0 bridgehead atoms. The summed E-state index contributed by atoms with van der Waals surface area (Å²) in [6.45, 7) is 3.91. The number of piperidine rings is 1. The highest BCUT2D eigenvalue weighted by atomic mass is 15.2. The van der Waals surface area contributed by atoms with Crippen LogP contribution in [0.2, 0.25) is 0 Å². The molecule has 1 aliphatic carbocycles. The Balaban J connectivity index is 1.45. The maximum atomic E-state index is 5.93. The molecule has 1 saturated heterocycles. The van der Waals surface area contributed by atoms with Crippen molar-refractivity contribution in [2.24, 2.45) is 5.73 Å². The van der Waals surface area contributed by atoms with Gasteiger partial charge in [-0.1, -0.05) is 0 Å². The van der Waals surface area contributed by atoms with Crippen LogP contribution in [0.5, 0.6) is 0 Å². The molecule has 4 rings (SSSR count). The molecular weight excluding hydrogens is 314 g/mol. The normalized spacial score (nSPS) is 24.2. The van der Waals surface area contributed by atoms with Gasteiger partial charge >= 0.3 is 0 Å². The number of hydrogen-bond acceptors (Lipinski definition) is 7. The molecule has 0 aromatic carbocycles. The van der Waals surface area contributed by atoms with Crippen molar-refractivity contribution in [3.63, 3.8) is 0 Å². The molecular formula is C18H25N7. The molecule has 2 fully saturated rings. The molecule has 1 aliphatic heterocycles. The van der Waals surface area contributed by atoms with Gasteiger partial charge in [-0.2, -0.15) is 0 Å². The van der Waals surface area contributed by atoms with Gasteiger partial charge in [0.2, 0.25) is 5.95 Å². The molecule has 25 heavy (non-hydrogen) atoms. The molecule has 7 nitrogen and oxygen atoms in total. The first kappa shape index (κ1) is 16.2. The van der Waals surface area contributed by atoms with Crippen LogP contribution in [0.3, 0.4) is 0 Å². The summed E-state index contributed by atoms with van der Waals surface area (Å²) in [4.78, 5) is 20.0. The van der Waals surface area contributed by atoms with E-state index in [0.717, 1.165) is 61.8 Å². The summed E-state index contributed by atoms with van der Waals surface area (Å²) in [5.74, 6) is 3.18. The van der Waals surface area contributed by atoms with Gasteiger partial charge in [0.1, 0.15) is 11.6 Å². The zero-order valence-electron chi connectivity index (χ0n) is 14.6. The first-order chi connectivity index (χ1) is 12.1. The Morgan fingerprint density at radius 2 is 1.80 bits per heavy atom. The number of nitrogen functional groups attached to an aromatic ring is 1. The van der Waals surface area contributed by atoms with Gasteiger partial charge in [0, 0.05) is 54.6 Å². The number of hydrogen-bond donors (Lipinski definition) is 2. The monoisotopic (exact) mass is 339 g/mol. The number of nitrogens with zero attached hydrogens (tertiary/aromatic N) is 5. The Hall–Kier alpha value is -2.28. The number of nitrogens with two attached hydrogens (primary N) is 2. The average molecular weight is 339 g/mol. The third-order valence-electron chi connectivity index (χ3n) is 5.37. The van der Waals surface area contributed by atoms with Crippen molar-refractivity contribution in [3.05, 3.63) is 35.5 Å². The highest BCUT2D eigenvalue weighted by Gasteiger charge is 2.30. The van der Waals surface area contributed by atoms with E-state index >= 15 is 0 Å². The van der Waals surface area contributed by atoms with E-state index < -0.39 is 0 Å². The maximum Gasteiger partial charge on any atom is 0.220 e. The lowest BCUT2D eigenvalue weighted by Gasteiger charge is -2.35. The number of aromatic nitrogens is 4. The standard InChI is InChI=1S/C18H25N7/c1-11-22-16(13-8-14(19)9-13)10-17(23-11)25-6-3-12(4-7-25)15-2-5-21-18(20)24-15/h2,5,10,12-14H,3-4,6-9,19H2,1H3,(H2,20,21,24). The molecule has 2 aromatic rings. The first-order valence-corrected chi connectivity index (χ1v) is 9.03. The maximum absolute atomic E-state index is 5.93. The summed E-state index contributed by atoms with van der Waals surface area (Å²) in [5, 5.41) is 0. The Morgan fingerprint density at radius 1 is 1.04 bits per heavy atom. The fraction of sp³-hybridized carbons (Fsp3) is 0.556. The lowest BCUT2D eigenvalue weighted by atomic mass is 9.78. The van der Waals surface area contributed by atoms with E-state index in [-0.39, 0.29) is 0 Å². The van der Waals surface area contributed by atoms with Crippen molar-refractivity contribution in [2.45, 2.75) is 50.5 Å². The van der Waals surface area contributed by atoms with Crippen molar-refractivity contribution in [3.8, 4) is 0 Å². The van der Waals surface area contributed by atoms with Crippen molar-refractivity contribution in [1.29, 1.82) is 0 Å². The number of rotatable bonds is 3. The van der Waals surface area contributed by atoms with Crippen LogP contribution < -0.4 is 16.4 Å². The lowest BCUT2D eigenvalue weighted by molar-refractivity contribution is 0.344. The van der Waals surface area contributed by atoms with Gasteiger partial charge in [0.25, 0.3) is 0 Å². The van der Waals surface area contributed by atoms with Crippen LogP contribution in [-0.2, 0) is 0 Å². The topological polar surface area (TPSA) is 107 Å². The average Bonchev–Trinajstić information content (AvgIpc) is 2.58. The van der Waals surface area contributed by atoms with Gasteiger partial charge in [-0.25, -0.2) is 19.9 Å². The summed E-state index contributed by atoms with van der Waals surface area (Å²) in [5.41, 5.74) is 13.8.